The first kappa shape index (κ1) is 10.9. The minimum atomic E-state index is -0.110. The number of hydrogen-bond donors (Lipinski definition) is 1. The summed E-state index contributed by atoms with van der Waals surface area (Å²) in [6.45, 7) is 0. The van der Waals surface area contributed by atoms with Crippen molar-refractivity contribution < 1.29 is 4.79 Å². The highest BCUT2D eigenvalue weighted by molar-refractivity contribution is 7.10. The Labute approximate surface area is 114 Å². The molecule has 1 N–H and O–H groups in total. The maximum absolute atomic E-state index is 12.3. The van der Waals surface area contributed by atoms with Crippen molar-refractivity contribution >= 4 is 23.1 Å². The number of Topliss-reactive ketones (excluding diaryl/α,β-unsaturated/α-hetero) is 1. The standard InChI is InChI=1S/C13H12N4OS/c18-9-4-1-3-8-11(9)12(10-5-2-6-19-10)17-13(16-8)14-7-15-17/h2,5-7,12H,1,3-4H2,(H,14,15,16)/t12-/m0/s1. The number of ketones is 1. The van der Waals surface area contributed by atoms with Crippen LogP contribution in [0.3, 0.4) is 0 Å². The predicted molar refractivity (Wildman–Crippen MR) is 72.0 cm³/mol. The third-order valence-electron chi connectivity index (χ3n) is 3.62. The van der Waals surface area contributed by atoms with E-state index in [4.69, 9.17) is 0 Å². The first-order valence-corrected chi connectivity index (χ1v) is 7.19. The van der Waals surface area contributed by atoms with Crippen molar-refractivity contribution in [3.8, 4) is 0 Å². The molecule has 0 bridgehead atoms. The van der Waals surface area contributed by atoms with Gasteiger partial charge in [0.15, 0.2) is 5.78 Å². The minimum Gasteiger partial charge on any atom is -0.328 e. The molecule has 0 spiro atoms. The van der Waals surface area contributed by atoms with Crippen molar-refractivity contribution in [1.29, 1.82) is 0 Å². The van der Waals surface area contributed by atoms with Crippen LogP contribution in [-0.4, -0.2) is 20.5 Å². The molecule has 1 aliphatic carbocycles. The normalized spacial score (nSPS) is 21.9. The maximum atomic E-state index is 12.3. The number of carbonyl (C=O) groups is 1. The topological polar surface area (TPSA) is 59.8 Å². The molecule has 0 amide bonds. The number of fused-ring (bicyclic) bond motifs is 1. The molecular weight excluding hydrogens is 260 g/mol. The molecule has 0 unspecified atom stereocenters. The highest BCUT2D eigenvalue weighted by atomic mass is 32.1. The summed E-state index contributed by atoms with van der Waals surface area (Å²) in [5.74, 6) is 0.958. The molecule has 4 rings (SSSR count). The van der Waals surface area contributed by atoms with E-state index in [2.05, 4.69) is 21.5 Å². The molecule has 1 atom stereocenters. The largest absolute Gasteiger partial charge is 0.328 e. The molecule has 19 heavy (non-hydrogen) atoms. The number of allylic oxidation sites excluding steroid dienone is 2. The van der Waals surface area contributed by atoms with Gasteiger partial charge in [-0.3, -0.25) is 4.79 Å². The summed E-state index contributed by atoms with van der Waals surface area (Å²) in [5, 5.41) is 9.57. The van der Waals surface area contributed by atoms with Crippen LogP contribution in [-0.2, 0) is 4.79 Å². The van der Waals surface area contributed by atoms with Gasteiger partial charge in [-0.1, -0.05) is 6.07 Å². The van der Waals surface area contributed by atoms with Crippen LogP contribution in [0, 0.1) is 0 Å². The average molecular weight is 272 g/mol. The van der Waals surface area contributed by atoms with E-state index in [-0.39, 0.29) is 11.8 Å². The van der Waals surface area contributed by atoms with Crippen molar-refractivity contribution in [3.63, 3.8) is 0 Å². The van der Waals surface area contributed by atoms with Crippen LogP contribution >= 0.6 is 11.3 Å². The molecule has 1 aliphatic heterocycles. The van der Waals surface area contributed by atoms with Crippen molar-refractivity contribution in [1.82, 2.24) is 14.8 Å². The fourth-order valence-electron chi connectivity index (χ4n) is 2.81. The number of anilines is 1. The Kier molecular flexibility index (Phi) is 2.32. The van der Waals surface area contributed by atoms with E-state index < -0.39 is 0 Å². The molecule has 0 radical (unpaired) electrons. The van der Waals surface area contributed by atoms with Crippen LogP contribution in [0.5, 0.6) is 0 Å². The summed E-state index contributed by atoms with van der Waals surface area (Å²) in [6.07, 6.45) is 3.99. The Balaban J connectivity index is 1.93. The number of rotatable bonds is 1. The molecule has 0 saturated carbocycles. The van der Waals surface area contributed by atoms with Crippen LogP contribution in [0.15, 0.2) is 35.1 Å². The quantitative estimate of drug-likeness (QED) is 0.865. The first-order chi connectivity index (χ1) is 9.34. The van der Waals surface area contributed by atoms with Crippen molar-refractivity contribution in [3.05, 3.63) is 40.0 Å². The van der Waals surface area contributed by atoms with Crippen LogP contribution in [0.2, 0.25) is 0 Å². The van der Waals surface area contributed by atoms with Gasteiger partial charge < -0.3 is 5.32 Å². The third-order valence-corrected chi connectivity index (χ3v) is 4.55. The zero-order valence-corrected chi connectivity index (χ0v) is 11.0. The fourth-order valence-corrected chi connectivity index (χ4v) is 3.62. The van der Waals surface area contributed by atoms with Gasteiger partial charge in [-0.2, -0.15) is 10.1 Å². The van der Waals surface area contributed by atoms with E-state index in [1.807, 2.05) is 16.1 Å². The van der Waals surface area contributed by atoms with Crippen molar-refractivity contribution in [2.45, 2.75) is 25.3 Å². The first-order valence-electron chi connectivity index (χ1n) is 6.31. The highest BCUT2D eigenvalue weighted by Gasteiger charge is 2.36. The second kappa shape index (κ2) is 4.03. The molecule has 2 aliphatic rings. The highest BCUT2D eigenvalue weighted by Crippen LogP contribution is 2.40. The van der Waals surface area contributed by atoms with E-state index in [9.17, 15) is 4.79 Å². The summed E-state index contributed by atoms with van der Waals surface area (Å²) in [5.41, 5.74) is 1.89. The zero-order valence-electron chi connectivity index (χ0n) is 10.2. The number of aromatic nitrogens is 3. The Morgan fingerprint density at radius 2 is 2.37 bits per heavy atom. The zero-order chi connectivity index (χ0) is 12.8. The monoisotopic (exact) mass is 272 g/mol. The Morgan fingerprint density at radius 1 is 1.42 bits per heavy atom. The maximum Gasteiger partial charge on any atom is 0.226 e. The van der Waals surface area contributed by atoms with Gasteiger partial charge in [0.25, 0.3) is 0 Å². The number of nitrogens with one attached hydrogen (secondary N) is 1. The summed E-state index contributed by atoms with van der Waals surface area (Å²) >= 11 is 1.65. The fraction of sp³-hybridized carbons (Fsp3) is 0.308. The smallest absolute Gasteiger partial charge is 0.226 e. The lowest BCUT2D eigenvalue weighted by Crippen LogP contribution is -2.31. The Morgan fingerprint density at radius 3 is 3.21 bits per heavy atom. The summed E-state index contributed by atoms with van der Waals surface area (Å²) in [7, 11) is 0. The SMILES string of the molecule is O=C1CCCC2=C1[C@H](c1cccs1)n1ncnc1N2. The van der Waals surface area contributed by atoms with E-state index >= 15 is 0 Å². The van der Waals surface area contributed by atoms with E-state index in [0.29, 0.717) is 6.42 Å². The second-order valence-electron chi connectivity index (χ2n) is 4.74. The number of thiophene rings is 1. The van der Waals surface area contributed by atoms with Gasteiger partial charge >= 0.3 is 0 Å². The van der Waals surface area contributed by atoms with Crippen LogP contribution < -0.4 is 5.32 Å². The molecule has 2 aromatic rings. The lowest BCUT2D eigenvalue weighted by Gasteiger charge is -2.31. The molecule has 2 aromatic heterocycles. The predicted octanol–water partition coefficient (Wildman–Crippen LogP) is 2.36. The molecule has 96 valence electrons. The van der Waals surface area contributed by atoms with E-state index in [1.54, 1.807) is 11.3 Å². The molecule has 0 fully saturated rings. The van der Waals surface area contributed by atoms with Gasteiger partial charge in [0.1, 0.15) is 12.4 Å². The molecule has 6 heteroatoms. The van der Waals surface area contributed by atoms with Crippen LogP contribution in [0.4, 0.5) is 5.95 Å². The van der Waals surface area contributed by atoms with Gasteiger partial charge in [-0.25, -0.2) is 4.68 Å². The van der Waals surface area contributed by atoms with Gasteiger partial charge in [0.05, 0.1) is 0 Å². The molecule has 3 heterocycles. The lowest BCUT2D eigenvalue weighted by atomic mass is 9.88. The summed E-state index contributed by atoms with van der Waals surface area (Å²) in [4.78, 5) is 17.7. The lowest BCUT2D eigenvalue weighted by molar-refractivity contribution is -0.116. The Bertz CT molecular complexity index is 671. The van der Waals surface area contributed by atoms with Crippen LogP contribution in [0.1, 0.15) is 30.2 Å². The average Bonchev–Trinajstić information content (AvgIpc) is 3.07. The van der Waals surface area contributed by atoms with Gasteiger partial charge in [0, 0.05) is 22.6 Å². The van der Waals surface area contributed by atoms with Gasteiger partial charge in [0.2, 0.25) is 5.95 Å². The Hall–Kier alpha value is -1.95. The number of hydrogen-bond acceptors (Lipinski definition) is 5. The van der Waals surface area contributed by atoms with Crippen molar-refractivity contribution in [2.24, 2.45) is 0 Å². The minimum absolute atomic E-state index is 0.110. The second-order valence-corrected chi connectivity index (χ2v) is 5.72. The van der Waals surface area contributed by atoms with E-state index in [1.165, 1.54) is 6.33 Å². The number of carbonyl (C=O) groups excluding carboxylic acids is 1. The van der Waals surface area contributed by atoms with Crippen LogP contribution in [0.25, 0.3) is 0 Å². The molecule has 5 nitrogen and oxygen atoms in total. The molecular formula is C13H12N4OS. The third kappa shape index (κ3) is 1.56. The number of nitrogens with zero attached hydrogens (tertiary/aromatic N) is 3. The summed E-state index contributed by atoms with van der Waals surface area (Å²) < 4.78 is 1.81. The summed E-state index contributed by atoms with van der Waals surface area (Å²) in [6, 6.07) is 3.95. The molecule has 0 aromatic carbocycles. The van der Waals surface area contributed by atoms with Crippen molar-refractivity contribution in [2.75, 3.05) is 5.32 Å². The van der Waals surface area contributed by atoms with Gasteiger partial charge in [-0.05, 0) is 24.3 Å². The van der Waals surface area contributed by atoms with Gasteiger partial charge in [-0.15, -0.1) is 11.3 Å². The molecule has 0 saturated heterocycles. The van der Waals surface area contributed by atoms with E-state index in [0.717, 1.165) is 34.9 Å².